The molecule has 0 aliphatic carbocycles. The molecule has 0 aliphatic heterocycles. The van der Waals surface area contributed by atoms with E-state index in [4.69, 9.17) is 10.3 Å². The number of ether oxygens (including phenoxy) is 2. The fourth-order valence-electron chi connectivity index (χ4n) is 1.68. The maximum absolute atomic E-state index is 11.1. The van der Waals surface area contributed by atoms with Crippen molar-refractivity contribution in [1.82, 2.24) is 0 Å². The summed E-state index contributed by atoms with van der Waals surface area (Å²) in [5, 5.41) is 3.25. The Morgan fingerprint density at radius 1 is 1.26 bits per heavy atom. The number of benzene rings is 1. The molecule has 0 fully saturated rings. The minimum Gasteiger partial charge on any atom is -0.462 e. The van der Waals surface area contributed by atoms with Gasteiger partial charge in [-0.2, -0.15) is 0 Å². The van der Waals surface area contributed by atoms with E-state index in [1.165, 1.54) is 6.08 Å². The standard InChI is InChI=1S/C11H11BrO2.C8H13N3O2/c1-2-11(13)14-8-7-9-3-5-10(12)6-4-9;1-3-5-6-7(10-11-9)8(12)13-4-2/h2-6H,1,7-8H2;6H,3-5H2,1-2H3. The summed E-state index contributed by atoms with van der Waals surface area (Å²) in [6, 6.07) is 7.91. The first-order valence-electron chi connectivity index (χ1n) is 8.44. The first-order chi connectivity index (χ1) is 13.0. The van der Waals surface area contributed by atoms with Crippen LogP contribution in [0.2, 0.25) is 0 Å². The summed E-state index contributed by atoms with van der Waals surface area (Å²) >= 11 is 3.35. The van der Waals surface area contributed by atoms with Crippen molar-refractivity contribution in [3.05, 3.63) is 69.2 Å². The van der Waals surface area contributed by atoms with Crippen LogP contribution in [0.4, 0.5) is 0 Å². The number of carbonyl (C=O) groups is 2. The first-order valence-corrected chi connectivity index (χ1v) is 9.23. The SMILES string of the molecule is C=CC(=O)OCCc1ccc(Br)cc1.CCCC=C(N=[N+]=[N-])C(=O)OCC. The van der Waals surface area contributed by atoms with Gasteiger partial charge in [0.05, 0.1) is 13.2 Å². The number of esters is 2. The molecule has 146 valence electrons. The number of unbranched alkanes of at least 4 members (excludes halogenated alkanes) is 1. The second-order valence-corrected chi connectivity index (χ2v) is 5.95. The molecular weight excluding hydrogens is 414 g/mol. The van der Waals surface area contributed by atoms with Crippen LogP contribution in [0.1, 0.15) is 32.3 Å². The topological polar surface area (TPSA) is 101 Å². The van der Waals surface area contributed by atoms with Gasteiger partial charge in [0, 0.05) is 21.9 Å². The number of carbonyl (C=O) groups excluding carboxylic acids is 2. The van der Waals surface area contributed by atoms with E-state index < -0.39 is 5.97 Å². The van der Waals surface area contributed by atoms with Crippen LogP contribution in [0.5, 0.6) is 0 Å². The minimum atomic E-state index is -0.561. The molecule has 1 aromatic rings. The molecule has 0 amide bonds. The molecule has 1 aromatic carbocycles. The fourth-order valence-corrected chi connectivity index (χ4v) is 1.94. The zero-order valence-corrected chi connectivity index (χ0v) is 17.1. The van der Waals surface area contributed by atoms with Gasteiger partial charge >= 0.3 is 11.9 Å². The van der Waals surface area contributed by atoms with Crippen LogP contribution in [0.15, 0.2) is 58.3 Å². The third-order valence-electron chi connectivity index (χ3n) is 2.98. The molecule has 1 rings (SSSR count). The number of azide groups is 1. The highest BCUT2D eigenvalue weighted by molar-refractivity contribution is 9.10. The monoisotopic (exact) mass is 437 g/mol. The summed E-state index contributed by atoms with van der Waals surface area (Å²) < 4.78 is 10.6. The Hall–Kier alpha value is -2.57. The van der Waals surface area contributed by atoms with Crippen molar-refractivity contribution in [3.8, 4) is 0 Å². The zero-order valence-electron chi connectivity index (χ0n) is 15.6. The molecular formula is C19H24BrN3O4. The van der Waals surface area contributed by atoms with E-state index in [9.17, 15) is 9.59 Å². The fraction of sp³-hybridized carbons (Fsp3) is 0.368. The van der Waals surface area contributed by atoms with Gasteiger partial charge in [-0.15, -0.1) is 0 Å². The van der Waals surface area contributed by atoms with Crippen LogP contribution < -0.4 is 0 Å². The molecule has 0 saturated carbocycles. The zero-order chi connectivity index (χ0) is 20.5. The highest BCUT2D eigenvalue weighted by Crippen LogP contribution is 2.10. The molecule has 0 heterocycles. The van der Waals surface area contributed by atoms with E-state index in [0.717, 1.165) is 22.9 Å². The number of nitrogens with zero attached hydrogens (tertiary/aromatic N) is 3. The largest absolute Gasteiger partial charge is 0.462 e. The van der Waals surface area contributed by atoms with Gasteiger partial charge in [-0.1, -0.05) is 59.2 Å². The maximum Gasteiger partial charge on any atom is 0.340 e. The highest BCUT2D eigenvalue weighted by atomic mass is 79.9. The quantitative estimate of drug-likeness (QED) is 0.172. The second-order valence-electron chi connectivity index (χ2n) is 5.04. The van der Waals surface area contributed by atoms with Gasteiger partial charge in [-0.3, -0.25) is 0 Å². The Morgan fingerprint density at radius 2 is 1.93 bits per heavy atom. The summed E-state index contributed by atoms with van der Waals surface area (Å²) in [6.07, 6.45) is 5.07. The average molecular weight is 438 g/mol. The number of hydrogen-bond donors (Lipinski definition) is 0. The molecule has 0 unspecified atom stereocenters. The lowest BCUT2D eigenvalue weighted by atomic mass is 10.2. The van der Waals surface area contributed by atoms with Gasteiger partial charge in [0.25, 0.3) is 0 Å². The molecule has 7 nitrogen and oxygen atoms in total. The van der Waals surface area contributed by atoms with Gasteiger partial charge in [0.1, 0.15) is 5.70 Å². The summed E-state index contributed by atoms with van der Waals surface area (Å²) in [6.45, 7) is 7.66. The Balaban J connectivity index is 0.000000503. The van der Waals surface area contributed by atoms with Crippen molar-refractivity contribution in [2.75, 3.05) is 13.2 Å². The smallest absolute Gasteiger partial charge is 0.340 e. The van der Waals surface area contributed by atoms with Crippen LogP contribution in [0, 0.1) is 0 Å². The van der Waals surface area contributed by atoms with E-state index in [-0.39, 0.29) is 18.3 Å². The third kappa shape index (κ3) is 12.4. The molecule has 0 bridgehead atoms. The Labute approximate surface area is 167 Å². The molecule has 0 aliphatic rings. The Bertz CT molecular complexity index is 681. The molecule has 0 saturated heterocycles. The third-order valence-corrected chi connectivity index (χ3v) is 3.51. The molecule has 0 spiro atoms. The predicted molar refractivity (Wildman–Crippen MR) is 108 cm³/mol. The average Bonchev–Trinajstić information content (AvgIpc) is 2.67. The number of halogens is 1. The van der Waals surface area contributed by atoms with Crippen molar-refractivity contribution >= 4 is 27.9 Å². The van der Waals surface area contributed by atoms with Crippen molar-refractivity contribution in [2.45, 2.75) is 33.1 Å². The van der Waals surface area contributed by atoms with E-state index >= 15 is 0 Å². The van der Waals surface area contributed by atoms with Crippen LogP contribution in [-0.4, -0.2) is 25.2 Å². The Morgan fingerprint density at radius 3 is 2.44 bits per heavy atom. The molecule has 0 N–H and O–H groups in total. The molecule has 0 radical (unpaired) electrons. The molecule has 27 heavy (non-hydrogen) atoms. The van der Waals surface area contributed by atoms with E-state index in [2.05, 4.69) is 37.3 Å². The molecule has 0 atom stereocenters. The van der Waals surface area contributed by atoms with Crippen LogP contribution in [0.3, 0.4) is 0 Å². The number of hydrogen-bond acceptors (Lipinski definition) is 5. The summed E-state index contributed by atoms with van der Waals surface area (Å²) in [5.41, 5.74) is 9.35. The number of rotatable bonds is 9. The van der Waals surface area contributed by atoms with Crippen molar-refractivity contribution in [1.29, 1.82) is 0 Å². The lowest BCUT2D eigenvalue weighted by Crippen LogP contribution is -2.05. The van der Waals surface area contributed by atoms with Crippen LogP contribution >= 0.6 is 15.9 Å². The maximum atomic E-state index is 11.1. The summed E-state index contributed by atoms with van der Waals surface area (Å²) in [5.74, 6) is -0.934. The predicted octanol–water partition coefficient (Wildman–Crippen LogP) is 5.26. The van der Waals surface area contributed by atoms with Crippen molar-refractivity contribution in [2.24, 2.45) is 5.11 Å². The highest BCUT2D eigenvalue weighted by Gasteiger charge is 2.06. The normalized spacial score (nSPS) is 9.96. The van der Waals surface area contributed by atoms with Crippen LogP contribution in [-0.2, 0) is 25.5 Å². The summed E-state index contributed by atoms with van der Waals surface area (Å²) in [4.78, 5) is 24.3. The lowest BCUT2D eigenvalue weighted by molar-refractivity contribution is -0.139. The van der Waals surface area contributed by atoms with Crippen LogP contribution in [0.25, 0.3) is 10.4 Å². The Kier molecular flexibility index (Phi) is 14.2. The van der Waals surface area contributed by atoms with Crippen molar-refractivity contribution < 1.29 is 19.1 Å². The lowest BCUT2D eigenvalue weighted by Gasteiger charge is -2.02. The van der Waals surface area contributed by atoms with E-state index in [1.54, 1.807) is 13.0 Å². The minimum absolute atomic E-state index is 0.0474. The molecule has 8 heteroatoms. The van der Waals surface area contributed by atoms with Gasteiger partial charge < -0.3 is 9.47 Å². The summed E-state index contributed by atoms with van der Waals surface area (Å²) in [7, 11) is 0. The molecule has 0 aromatic heterocycles. The van der Waals surface area contributed by atoms with E-state index in [0.29, 0.717) is 13.0 Å². The first kappa shape index (κ1) is 24.4. The van der Waals surface area contributed by atoms with Gasteiger partial charge in [0.2, 0.25) is 0 Å². The van der Waals surface area contributed by atoms with Crippen molar-refractivity contribution in [3.63, 3.8) is 0 Å². The van der Waals surface area contributed by atoms with Gasteiger partial charge in [-0.05, 0) is 36.6 Å². The van der Waals surface area contributed by atoms with Gasteiger partial charge in [-0.25, -0.2) is 9.59 Å². The number of allylic oxidation sites excluding steroid dienone is 1. The van der Waals surface area contributed by atoms with Gasteiger partial charge in [0.15, 0.2) is 0 Å². The second kappa shape index (κ2) is 15.7. The van der Waals surface area contributed by atoms with E-state index in [1.807, 2.05) is 31.2 Å².